The Labute approximate surface area is 180 Å². The number of carbonyl (C=O) groups is 2. The highest BCUT2D eigenvalue weighted by Crippen LogP contribution is 2.26. The zero-order valence-electron chi connectivity index (χ0n) is 16.2. The summed E-state index contributed by atoms with van der Waals surface area (Å²) < 4.78 is 5.86. The number of ether oxygens (including phenoxy) is 1. The van der Waals surface area contributed by atoms with E-state index in [2.05, 4.69) is 17.2 Å². The Bertz CT molecular complexity index is 1050. The number of rotatable bonds is 8. The van der Waals surface area contributed by atoms with E-state index in [-0.39, 0.29) is 11.5 Å². The number of para-hydroxylation sites is 1. The Kier molecular flexibility index (Phi) is 7.24. The zero-order valence-corrected chi connectivity index (χ0v) is 17.0. The van der Waals surface area contributed by atoms with E-state index in [0.717, 1.165) is 5.56 Å². The van der Waals surface area contributed by atoms with Crippen LogP contribution in [-0.4, -0.2) is 18.4 Å². The maximum Gasteiger partial charge on any atom is 0.259 e. The lowest BCUT2D eigenvalue weighted by molar-refractivity contribution is 0.0959. The summed E-state index contributed by atoms with van der Waals surface area (Å²) in [6.45, 7) is 4.22. The molecule has 0 saturated carbocycles. The summed E-state index contributed by atoms with van der Waals surface area (Å²) in [5, 5.41) is 5.90. The van der Waals surface area contributed by atoms with E-state index in [1.807, 2.05) is 30.3 Å². The van der Waals surface area contributed by atoms with Crippen molar-refractivity contribution in [1.82, 2.24) is 5.32 Å². The molecule has 30 heavy (non-hydrogen) atoms. The quantitative estimate of drug-likeness (QED) is 0.499. The van der Waals surface area contributed by atoms with E-state index in [1.54, 1.807) is 42.5 Å². The number of amides is 2. The first kappa shape index (κ1) is 21.1. The van der Waals surface area contributed by atoms with Crippen LogP contribution in [0.15, 0.2) is 85.5 Å². The minimum absolute atomic E-state index is 0.278. The number of hydrogen-bond donors (Lipinski definition) is 2. The third-order valence-corrected chi connectivity index (χ3v) is 4.49. The van der Waals surface area contributed by atoms with E-state index >= 15 is 0 Å². The van der Waals surface area contributed by atoms with Crippen molar-refractivity contribution in [2.45, 2.75) is 6.61 Å². The van der Waals surface area contributed by atoms with Gasteiger partial charge in [-0.05, 0) is 35.9 Å². The number of anilines is 1. The van der Waals surface area contributed by atoms with Gasteiger partial charge in [-0.15, -0.1) is 6.58 Å². The lowest BCUT2D eigenvalue weighted by Gasteiger charge is -2.14. The van der Waals surface area contributed by atoms with Crippen LogP contribution in [0.5, 0.6) is 5.75 Å². The van der Waals surface area contributed by atoms with Gasteiger partial charge in [-0.3, -0.25) is 9.59 Å². The first-order valence-corrected chi connectivity index (χ1v) is 9.72. The molecule has 0 unspecified atom stereocenters. The fourth-order valence-corrected chi connectivity index (χ4v) is 2.95. The second kappa shape index (κ2) is 10.3. The van der Waals surface area contributed by atoms with Crippen molar-refractivity contribution in [1.29, 1.82) is 0 Å². The van der Waals surface area contributed by atoms with Gasteiger partial charge in [0.1, 0.15) is 12.4 Å². The molecule has 0 saturated heterocycles. The molecule has 152 valence electrons. The van der Waals surface area contributed by atoms with Crippen molar-refractivity contribution in [3.8, 4) is 5.75 Å². The smallest absolute Gasteiger partial charge is 0.259 e. The average Bonchev–Trinajstić information content (AvgIpc) is 2.77. The Morgan fingerprint density at radius 1 is 0.933 bits per heavy atom. The van der Waals surface area contributed by atoms with Gasteiger partial charge in [0.05, 0.1) is 16.8 Å². The molecule has 0 spiro atoms. The van der Waals surface area contributed by atoms with E-state index < -0.39 is 5.91 Å². The summed E-state index contributed by atoms with van der Waals surface area (Å²) in [5.74, 6) is -0.337. The molecule has 0 heterocycles. The first-order chi connectivity index (χ1) is 14.6. The standard InChI is InChI=1S/C24H21ClN2O3/c1-2-14-26-23(28)19-10-6-7-11-21(19)27-24(29)20-15-18(25)12-13-22(20)30-16-17-8-4-3-5-9-17/h2-13,15H,1,14,16H2,(H,26,28)(H,27,29). The van der Waals surface area contributed by atoms with Crippen molar-refractivity contribution >= 4 is 29.1 Å². The monoisotopic (exact) mass is 420 g/mol. The van der Waals surface area contributed by atoms with Crippen LogP contribution in [0.2, 0.25) is 5.02 Å². The van der Waals surface area contributed by atoms with Gasteiger partial charge >= 0.3 is 0 Å². The van der Waals surface area contributed by atoms with Crippen LogP contribution in [0.3, 0.4) is 0 Å². The highest BCUT2D eigenvalue weighted by atomic mass is 35.5. The SMILES string of the molecule is C=CCNC(=O)c1ccccc1NC(=O)c1cc(Cl)ccc1OCc1ccccc1. The van der Waals surface area contributed by atoms with Crippen molar-refractivity contribution in [2.75, 3.05) is 11.9 Å². The molecule has 0 radical (unpaired) electrons. The molecule has 6 heteroatoms. The van der Waals surface area contributed by atoms with Crippen LogP contribution in [0.1, 0.15) is 26.3 Å². The van der Waals surface area contributed by atoms with Gasteiger partial charge in [0.2, 0.25) is 0 Å². The summed E-state index contributed by atoms with van der Waals surface area (Å²) in [5.41, 5.74) is 1.99. The molecule has 3 rings (SSSR count). The number of benzene rings is 3. The summed E-state index contributed by atoms with van der Waals surface area (Å²) in [6.07, 6.45) is 1.58. The van der Waals surface area contributed by atoms with Crippen LogP contribution < -0.4 is 15.4 Å². The number of hydrogen-bond acceptors (Lipinski definition) is 3. The second-order valence-electron chi connectivity index (χ2n) is 6.41. The molecule has 3 aromatic carbocycles. The predicted octanol–water partition coefficient (Wildman–Crippen LogP) is 5.09. The molecule has 5 nitrogen and oxygen atoms in total. The van der Waals surface area contributed by atoms with Gasteiger partial charge in [0.25, 0.3) is 11.8 Å². The van der Waals surface area contributed by atoms with E-state index in [1.165, 1.54) is 6.07 Å². The summed E-state index contributed by atoms with van der Waals surface area (Å²) in [7, 11) is 0. The Morgan fingerprint density at radius 2 is 1.67 bits per heavy atom. The molecule has 0 fully saturated rings. The van der Waals surface area contributed by atoms with Crippen molar-refractivity contribution in [3.63, 3.8) is 0 Å². The third-order valence-electron chi connectivity index (χ3n) is 4.25. The van der Waals surface area contributed by atoms with Gasteiger partial charge in [0.15, 0.2) is 0 Å². The summed E-state index contributed by atoms with van der Waals surface area (Å²) in [4.78, 5) is 25.4. The Hall–Kier alpha value is -3.57. The topological polar surface area (TPSA) is 67.4 Å². The van der Waals surface area contributed by atoms with Gasteiger partial charge in [-0.25, -0.2) is 0 Å². The van der Waals surface area contributed by atoms with Gasteiger partial charge in [0, 0.05) is 11.6 Å². The lowest BCUT2D eigenvalue weighted by Crippen LogP contribution is -2.25. The molecule has 2 amide bonds. The summed E-state index contributed by atoms with van der Waals surface area (Å²) >= 11 is 6.11. The van der Waals surface area contributed by atoms with Crippen molar-refractivity contribution in [3.05, 3.63) is 107 Å². The predicted molar refractivity (Wildman–Crippen MR) is 119 cm³/mol. The van der Waals surface area contributed by atoms with E-state index in [4.69, 9.17) is 16.3 Å². The fraction of sp³-hybridized carbons (Fsp3) is 0.0833. The van der Waals surface area contributed by atoms with E-state index in [9.17, 15) is 9.59 Å². The highest BCUT2D eigenvalue weighted by Gasteiger charge is 2.17. The molecule has 0 aliphatic carbocycles. The third kappa shape index (κ3) is 5.49. The number of carbonyl (C=O) groups excluding carboxylic acids is 2. The minimum Gasteiger partial charge on any atom is -0.488 e. The number of nitrogens with one attached hydrogen (secondary N) is 2. The fourth-order valence-electron chi connectivity index (χ4n) is 2.78. The van der Waals surface area contributed by atoms with E-state index in [0.29, 0.717) is 35.2 Å². The van der Waals surface area contributed by atoms with Crippen molar-refractivity contribution < 1.29 is 14.3 Å². The van der Waals surface area contributed by atoms with Gasteiger partial charge < -0.3 is 15.4 Å². The van der Waals surface area contributed by atoms with Crippen LogP contribution in [-0.2, 0) is 6.61 Å². The molecule has 0 atom stereocenters. The van der Waals surface area contributed by atoms with Crippen molar-refractivity contribution in [2.24, 2.45) is 0 Å². The second-order valence-corrected chi connectivity index (χ2v) is 6.85. The Morgan fingerprint density at radius 3 is 2.43 bits per heavy atom. The van der Waals surface area contributed by atoms with Gasteiger partial charge in [-0.1, -0.05) is 60.1 Å². The largest absolute Gasteiger partial charge is 0.488 e. The van der Waals surface area contributed by atoms with Crippen LogP contribution in [0, 0.1) is 0 Å². The minimum atomic E-state index is -0.426. The lowest BCUT2D eigenvalue weighted by atomic mass is 10.1. The maximum atomic E-state index is 13.0. The van der Waals surface area contributed by atoms with Crippen LogP contribution in [0.4, 0.5) is 5.69 Å². The molecule has 3 aromatic rings. The molecule has 0 aliphatic heterocycles. The molecular weight excluding hydrogens is 400 g/mol. The molecular formula is C24H21ClN2O3. The van der Waals surface area contributed by atoms with Gasteiger partial charge in [-0.2, -0.15) is 0 Å². The molecule has 0 aromatic heterocycles. The average molecular weight is 421 g/mol. The molecule has 2 N–H and O–H groups in total. The highest BCUT2D eigenvalue weighted by molar-refractivity contribution is 6.31. The normalized spacial score (nSPS) is 10.2. The summed E-state index contributed by atoms with van der Waals surface area (Å²) in [6, 6.07) is 21.3. The van der Waals surface area contributed by atoms with Crippen LogP contribution in [0.25, 0.3) is 0 Å². The molecule has 0 bridgehead atoms. The first-order valence-electron chi connectivity index (χ1n) is 9.34. The number of halogens is 1. The van der Waals surface area contributed by atoms with Crippen LogP contribution >= 0.6 is 11.6 Å². The zero-order chi connectivity index (χ0) is 21.3. The molecule has 0 aliphatic rings. The maximum absolute atomic E-state index is 13.0. The Balaban J connectivity index is 1.81.